The van der Waals surface area contributed by atoms with E-state index in [1.165, 1.54) is 30.0 Å². The molecule has 0 bridgehead atoms. The van der Waals surface area contributed by atoms with Crippen molar-refractivity contribution >= 4 is 17.6 Å². The van der Waals surface area contributed by atoms with Crippen LogP contribution in [0.25, 0.3) is 0 Å². The topological polar surface area (TPSA) is 77.8 Å². The highest BCUT2D eigenvalue weighted by molar-refractivity contribution is 6.01. The predicted octanol–water partition coefficient (Wildman–Crippen LogP) is 2.84. The van der Waals surface area contributed by atoms with Gasteiger partial charge >= 0.3 is 11.9 Å². The summed E-state index contributed by atoms with van der Waals surface area (Å²) in [5.41, 5.74) is 0.868. The Labute approximate surface area is 123 Å². The van der Waals surface area contributed by atoms with Crippen LogP contribution in [0.3, 0.4) is 0 Å². The summed E-state index contributed by atoms with van der Waals surface area (Å²) in [6.07, 6.45) is 0. The molecule has 0 radical (unpaired) electrons. The Balaban J connectivity index is 0.000000219. The first-order valence-electron chi connectivity index (χ1n) is 6.21. The third-order valence-corrected chi connectivity index (χ3v) is 2.66. The van der Waals surface area contributed by atoms with Gasteiger partial charge in [-0.3, -0.25) is 0 Å². The highest BCUT2D eigenvalue weighted by atomic mass is 16.4. The summed E-state index contributed by atoms with van der Waals surface area (Å²) in [4.78, 5) is 23.0. The second kappa shape index (κ2) is 7.69. The first kappa shape index (κ1) is 16.2. The van der Waals surface area contributed by atoms with Crippen molar-refractivity contribution in [3.05, 3.63) is 65.7 Å². The second-order valence-corrected chi connectivity index (χ2v) is 4.39. The molecule has 2 aromatic carbocycles. The monoisotopic (exact) mass is 287 g/mol. The minimum Gasteiger partial charge on any atom is -0.478 e. The maximum atomic E-state index is 10.5. The summed E-state index contributed by atoms with van der Waals surface area (Å²) in [6.45, 7) is 0. The number of rotatable bonds is 3. The quantitative estimate of drug-likeness (QED) is 0.907. The van der Waals surface area contributed by atoms with Crippen molar-refractivity contribution in [1.29, 1.82) is 0 Å². The number of hydrogen-bond acceptors (Lipinski definition) is 3. The van der Waals surface area contributed by atoms with Crippen LogP contribution in [-0.2, 0) is 0 Å². The molecule has 2 rings (SSSR count). The van der Waals surface area contributed by atoms with Gasteiger partial charge < -0.3 is 15.1 Å². The molecule has 0 aliphatic heterocycles. The van der Waals surface area contributed by atoms with Gasteiger partial charge in [-0.15, -0.1) is 0 Å². The molecule has 2 N–H and O–H groups in total. The Hall–Kier alpha value is -2.82. The summed E-state index contributed by atoms with van der Waals surface area (Å²) < 4.78 is 0. The highest BCUT2D eigenvalue weighted by Crippen LogP contribution is 2.08. The largest absolute Gasteiger partial charge is 0.478 e. The zero-order chi connectivity index (χ0) is 15.8. The normalized spacial score (nSPS) is 9.24. The van der Waals surface area contributed by atoms with Gasteiger partial charge in [0.1, 0.15) is 0 Å². The molecule has 0 heterocycles. The maximum absolute atomic E-state index is 10.5. The van der Waals surface area contributed by atoms with Gasteiger partial charge in [-0.25, -0.2) is 9.59 Å². The fourth-order valence-corrected chi connectivity index (χ4v) is 1.58. The number of aromatic carboxylic acids is 2. The molecular weight excluding hydrogens is 270 g/mol. The molecule has 0 unspecified atom stereocenters. The van der Waals surface area contributed by atoms with Gasteiger partial charge in [-0.05, 0) is 24.3 Å². The Bertz CT molecular complexity index is 576. The fraction of sp³-hybridized carbons (Fsp3) is 0.125. The van der Waals surface area contributed by atoms with Gasteiger partial charge in [0.2, 0.25) is 0 Å². The average Bonchev–Trinajstić information content (AvgIpc) is 2.48. The number of carboxylic acids is 2. The summed E-state index contributed by atoms with van der Waals surface area (Å²) in [6, 6.07) is 15.7. The molecule has 0 amide bonds. The van der Waals surface area contributed by atoms with Crippen LogP contribution < -0.4 is 4.90 Å². The Morgan fingerprint density at radius 2 is 1.14 bits per heavy atom. The van der Waals surface area contributed by atoms with Crippen LogP contribution in [-0.4, -0.2) is 36.2 Å². The van der Waals surface area contributed by atoms with Crippen LogP contribution in [0.1, 0.15) is 20.7 Å². The van der Waals surface area contributed by atoms with Gasteiger partial charge in [-0.1, -0.05) is 30.3 Å². The van der Waals surface area contributed by atoms with Gasteiger partial charge in [0.15, 0.2) is 0 Å². The van der Waals surface area contributed by atoms with Crippen molar-refractivity contribution in [2.75, 3.05) is 19.0 Å². The lowest BCUT2D eigenvalue weighted by Gasteiger charge is -2.10. The molecular formula is C16H17NO4. The molecule has 110 valence electrons. The zero-order valence-electron chi connectivity index (χ0n) is 11.9. The fourth-order valence-electron chi connectivity index (χ4n) is 1.58. The van der Waals surface area contributed by atoms with Gasteiger partial charge in [0, 0.05) is 19.8 Å². The minimum absolute atomic E-state index is 0.190. The molecule has 0 saturated carbocycles. The molecule has 0 atom stereocenters. The van der Waals surface area contributed by atoms with Crippen LogP contribution in [0.5, 0.6) is 0 Å². The van der Waals surface area contributed by atoms with Crippen molar-refractivity contribution in [3.63, 3.8) is 0 Å². The van der Waals surface area contributed by atoms with E-state index in [1.54, 1.807) is 0 Å². The molecule has 0 fully saturated rings. The zero-order valence-corrected chi connectivity index (χ0v) is 11.9. The smallest absolute Gasteiger partial charge is 0.336 e. The number of carboxylic acid groups (broad SMARTS) is 2. The minimum atomic E-state index is -1.23. The third-order valence-electron chi connectivity index (χ3n) is 2.66. The molecule has 5 nitrogen and oxygen atoms in total. The predicted molar refractivity (Wildman–Crippen MR) is 81.1 cm³/mol. The van der Waals surface area contributed by atoms with Crippen molar-refractivity contribution in [2.24, 2.45) is 0 Å². The SMILES string of the molecule is CN(C)c1ccccc1.O=C(O)c1ccccc1C(=O)O. The Morgan fingerprint density at radius 1 is 0.762 bits per heavy atom. The van der Waals surface area contributed by atoms with E-state index in [1.807, 2.05) is 32.3 Å². The molecule has 0 aromatic heterocycles. The van der Waals surface area contributed by atoms with Crippen molar-refractivity contribution in [2.45, 2.75) is 0 Å². The molecule has 0 aliphatic rings. The summed E-state index contributed by atoms with van der Waals surface area (Å²) in [5, 5.41) is 17.1. The van der Waals surface area contributed by atoms with Crippen molar-refractivity contribution in [1.82, 2.24) is 0 Å². The highest BCUT2D eigenvalue weighted by Gasteiger charge is 2.13. The number of anilines is 1. The van der Waals surface area contributed by atoms with Crippen LogP contribution in [0.15, 0.2) is 54.6 Å². The van der Waals surface area contributed by atoms with Gasteiger partial charge in [-0.2, -0.15) is 0 Å². The standard InChI is InChI=1S/C8H11N.C8H6O4/c1-9(2)8-6-4-3-5-7-8;9-7(10)5-3-1-2-4-6(5)8(11)12/h3-7H,1-2H3;1-4H,(H,9,10)(H,11,12). The van der Waals surface area contributed by atoms with Crippen LogP contribution in [0.4, 0.5) is 5.69 Å². The Kier molecular flexibility index (Phi) is 5.95. The van der Waals surface area contributed by atoms with Crippen molar-refractivity contribution in [3.8, 4) is 0 Å². The van der Waals surface area contributed by atoms with E-state index in [4.69, 9.17) is 10.2 Å². The van der Waals surface area contributed by atoms with E-state index < -0.39 is 11.9 Å². The first-order valence-corrected chi connectivity index (χ1v) is 6.21. The van der Waals surface area contributed by atoms with E-state index in [-0.39, 0.29) is 11.1 Å². The van der Waals surface area contributed by atoms with E-state index >= 15 is 0 Å². The van der Waals surface area contributed by atoms with E-state index in [9.17, 15) is 9.59 Å². The number of para-hydroxylation sites is 1. The summed E-state index contributed by atoms with van der Waals surface area (Å²) in [7, 11) is 4.07. The number of nitrogens with zero attached hydrogens (tertiary/aromatic N) is 1. The molecule has 0 spiro atoms. The number of carbonyl (C=O) groups is 2. The lowest BCUT2D eigenvalue weighted by Crippen LogP contribution is -2.07. The molecule has 0 saturated heterocycles. The van der Waals surface area contributed by atoms with Gasteiger partial charge in [0.25, 0.3) is 0 Å². The molecule has 21 heavy (non-hydrogen) atoms. The van der Waals surface area contributed by atoms with Crippen LogP contribution in [0, 0.1) is 0 Å². The van der Waals surface area contributed by atoms with Gasteiger partial charge in [0.05, 0.1) is 11.1 Å². The lowest BCUT2D eigenvalue weighted by molar-refractivity contribution is 0.0651. The first-order chi connectivity index (χ1) is 9.93. The number of benzene rings is 2. The van der Waals surface area contributed by atoms with E-state index in [0.29, 0.717) is 0 Å². The van der Waals surface area contributed by atoms with Crippen LogP contribution in [0.2, 0.25) is 0 Å². The van der Waals surface area contributed by atoms with Crippen LogP contribution >= 0.6 is 0 Å². The lowest BCUT2D eigenvalue weighted by atomic mass is 10.1. The third kappa shape index (κ3) is 4.99. The molecule has 0 aliphatic carbocycles. The second-order valence-electron chi connectivity index (χ2n) is 4.39. The Morgan fingerprint density at radius 3 is 1.43 bits per heavy atom. The molecule has 5 heteroatoms. The summed E-state index contributed by atoms with van der Waals surface area (Å²) in [5.74, 6) is -2.46. The van der Waals surface area contributed by atoms with Crippen molar-refractivity contribution < 1.29 is 19.8 Å². The van der Waals surface area contributed by atoms with E-state index in [0.717, 1.165) is 0 Å². The average molecular weight is 287 g/mol. The molecule has 2 aromatic rings. The maximum Gasteiger partial charge on any atom is 0.336 e. The summed E-state index contributed by atoms with van der Waals surface area (Å²) >= 11 is 0. The van der Waals surface area contributed by atoms with E-state index in [2.05, 4.69) is 17.0 Å². The number of hydrogen-bond donors (Lipinski definition) is 2.